The second kappa shape index (κ2) is 4.25. The highest BCUT2D eigenvalue weighted by atomic mass is 16.5. The molecule has 9 nitrogen and oxygen atoms in total. The van der Waals surface area contributed by atoms with E-state index >= 15 is 0 Å². The fraction of sp³-hybridized carbons (Fsp3) is 0.250. The lowest BCUT2D eigenvalue weighted by Crippen LogP contribution is -2.43. The van der Waals surface area contributed by atoms with E-state index in [9.17, 15) is 5.11 Å². The average molecular weight is 335 g/mol. The second-order valence-corrected chi connectivity index (χ2v) is 6.44. The molecule has 1 unspecified atom stereocenters. The van der Waals surface area contributed by atoms with Crippen LogP contribution >= 0.6 is 0 Å². The lowest BCUT2D eigenvalue weighted by molar-refractivity contribution is 0.108. The summed E-state index contributed by atoms with van der Waals surface area (Å²) in [6.07, 6.45) is 6.31. The molecule has 0 saturated heterocycles. The van der Waals surface area contributed by atoms with E-state index in [1.54, 1.807) is 23.9 Å². The van der Waals surface area contributed by atoms with Crippen molar-refractivity contribution in [1.29, 1.82) is 0 Å². The van der Waals surface area contributed by atoms with Crippen molar-refractivity contribution < 1.29 is 9.63 Å². The van der Waals surface area contributed by atoms with Crippen LogP contribution in [0.25, 0.3) is 5.69 Å². The predicted octanol–water partition coefficient (Wildman–Crippen LogP) is 1.52. The highest BCUT2D eigenvalue weighted by Gasteiger charge is 2.48. The number of aliphatic imine (C=N–C) groups is 1. The van der Waals surface area contributed by atoms with Gasteiger partial charge in [-0.25, -0.2) is 20.0 Å². The van der Waals surface area contributed by atoms with Crippen molar-refractivity contribution in [3.05, 3.63) is 48.2 Å². The number of aromatic nitrogens is 4. The van der Waals surface area contributed by atoms with Crippen molar-refractivity contribution in [2.24, 2.45) is 4.99 Å². The lowest BCUT2D eigenvalue weighted by Gasteiger charge is -2.35. The second-order valence-electron chi connectivity index (χ2n) is 6.44. The van der Waals surface area contributed by atoms with Gasteiger partial charge in [-0.15, -0.1) is 0 Å². The van der Waals surface area contributed by atoms with Crippen LogP contribution in [0.3, 0.4) is 0 Å². The Morgan fingerprint density at radius 1 is 1.24 bits per heavy atom. The molecule has 0 bridgehead atoms. The first-order valence-electron chi connectivity index (χ1n) is 8.04. The molecule has 124 valence electrons. The van der Waals surface area contributed by atoms with Gasteiger partial charge >= 0.3 is 0 Å². The van der Waals surface area contributed by atoms with Gasteiger partial charge in [0.15, 0.2) is 12.0 Å². The number of benzene rings is 1. The van der Waals surface area contributed by atoms with Crippen LogP contribution in [0.1, 0.15) is 30.5 Å². The Morgan fingerprint density at radius 3 is 3.00 bits per heavy atom. The quantitative estimate of drug-likeness (QED) is 0.758. The van der Waals surface area contributed by atoms with Gasteiger partial charge in [-0.2, -0.15) is 4.98 Å². The standard InChI is InChI=1S/C16H13N7O2/c24-16(5-6-16)14-19-15(20-25-14)22-9-18-13-10-3-1-2-4-11(10)21-8-17-7-12(21)23(13)22/h1-4,7-9,13,24H,5-6H2. The highest BCUT2D eigenvalue weighted by molar-refractivity contribution is 5.85. The molecule has 3 aliphatic rings. The molecule has 1 saturated carbocycles. The number of hydrogen-bond acceptors (Lipinski definition) is 8. The minimum atomic E-state index is -0.961. The Morgan fingerprint density at radius 2 is 2.12 bits per heavy atom. The number of para-hydroxylation sites is 1. The summed E-state index contributed by atoms with van der Waals surface area (Å²) in [6.45, 7) is 0. The van der Waals surface area contributed by atoms with E-state index in [-0.39, 0.29) is 12.1 Å². The summed E-state index contributed by atoms with van der Waals surface area (Å²) in [7, 11) is 0. The van der Waals surface area contributed by atoms with E-state index in [1.165, 1.54) is 0 Å². The van der Waals surface area contributed by atoms with Crippen molar-refractivity contribution in [3.63, 3.8) is 0 Å². The Kier molecular flexibility index (Phi) is 2.23. The summed E-state index contributed by atoms with van der Waals surface area (Å²) in [5.74, 6) is 1.46. The van der Waals surface area contributed by atoms with Gasteiger partial charge < -0.3 is 9.63 Å². The fourth-order valence-corrected chi connectivity index (χ4v) is 3.36. The molecule has 1 aliphatic carbocycles. The van der Waals surface area contributed by atoms with Gasteiger partial charge in [0.1, 0.15) is 18.3 Å². The van der Waals surface area contributed by atoms with E-state index in [1.807, 2.05) is 33.8 Å². The van der Waals surface area contributed by atoms with Crippen LogP contribution in [0.4, 0.5) is 11.8 Å². The number of hydrogen-bond donors (Lipinski definition) is 1. The van der Waals surface area contributed by atoms with Crippen LogP contribution in [-0.4, -0.2) is 31.1 Å². The summed E-state index contributed by atoms with van der Waals surface area (Å²) < 4.78 is 7.26. The molecule has 3 aromatic rings. The van der Waals surface area contributed by atoms with Crippen LogP contribution in [0.2, 0.25) is 0 Å². The van der Waals surface area contributed by atoms with Crippen LogP contribution in [0.15, 0.2) is 46.3 Å². The van der Waals surface area contributed by atoms with Gasteiger partial charge in [0.05, 0.1) is 11.9 Å². The minimum absolute atomic E-state index is 0.216. The zero-order valence-corrected chi connectivity index (χ0v) is 13.0. The summed E-state index contributed by atoms with van der Waals surface area (Å²) in [5, 5.41) is 17.9. The molecule has 6 rings (SSSR count). The van der Waals surface area contributed by atoms with Crippen LogP contribution < -0.4 is 10.0 Å². The van der Waals surface area contributed by atoms with Crippen molar-refractivity contribution in [3.8, 4) is 5.69 Å². The first kappa shape index (κ1) is 13.1. The average Bonchev–Trinajstić information content (AvgIpc) is 3.12. The molecule has 1 aromatic carbocycles. The molecule has 0 spiro atoms. The number of imidazole rings is 1. The number of aliphatic hydroxyl groups is 1. The SMILES string of the molecule is OC1(c2nc(N3C=NC4c5ccccc5-n5cncc5N43)no2)CC1. The molecule has 1 fully saturated rings. The van der Waals surface area contributed by atoms with Gasteiger partial charge in [0.25, 0.3) is 11.8 Å². The third kappa shape index (κ3) is 1.65. The monoisotopic (exact) mass is 335 g/mol. The van der Waals surface area contributed by atoms with Gasteiger partial charge in [0, 0.05) is 5.56 Å². The van der Waals surface area contributed by atoms with E-state index in [4.69, 9.17) is 4.52 Å². The molecular formula is C16H13N7O2. The van der Waals surface area contributed by atoms with E-state index in [2.05, 4.69) is 20.1 Å². The smallest absolute Gasteiger partial charge is 0.290 e. The van der Waals surface area contributed by atoms with Crippen LogP contribution in [-0.2, 0) is 5.60 Å². The Labute approximate surface area is 141 Å². The molecule has 0 radical (unpaired) electrons. The van der Waals surface area contributed by atoms with E-state index in [0.29, 0.717) is 18.8 Å². The third-order valence-corrected chi connectivity index (χ3v) is 4.85. The molecule has 1 N–H and O–H groups in total. The maximum Gasteiger partial charge on any atom is 0.290 e. The van der Waals surface area contributed by atoms with Crippen LogP contribution in [0.5, 0.6) is 0 Å². The van der Waals surface area contributed by atoms with Gasteiger partial charge in [-0.3, -0.25) is 4.57 Å². The largest absolute Gasteiger partial charge is 0.380 e. The first-order chi connectivity index (χ1) is 12.2. The normalized spacial score (nSPS) is 21.9. The number of nitrogens with zero attached hydrogens (tertiary/aromatic N) is 7. The first-order valence-corrected chi connectivity index (χ1v) is 8.04. The topological polar surface area (TPSA) is 95.8 Å². The molecule has 1 atom stereocenters. The Hall–Kier alpha value is -3.20. The lowest BCUT2D eigenvalue weighted by atomic mass is 10.1. The van der Waals surface area contributed by atoms with E-state index in [0.717, 1.165) is 17.1 Å². The van der Waals surface area contributed by atoms with Crippen molar-refractivity contribution in [1.82, 2.24) is 19.7 Å². The van der Waals surface area contributed by atoms with Crippen LogP contribution in [0, 0.1) is 0 Å². The molecular weight excluding hydrogens is 322 g/mol. The summed E-state index contributed by atoms with van der Waals surface area (Å²) in [6, 6.07) is 8.08. The summed E-state index contributed by atoms with van der Waals surface area (Å²) >= 11 is 0. The van der Waals surface area contributed by atoms with Gasteiger partial charge in [-0.05, 0) is 24.1 Å². The third-order valence-electron chi connectivity index (χ3n) is 4.85. The zero-order valence-electron chi connectivity index (χ0n) is 13.0. The molecule has 2 aromatic heterocycles. The maximum atomic E-state index is 10.2. The zero-order chi connectivity index (χ0) is 16.6. The summed E-state index contributed by atoms with van der Waals surface area (Å²) in [5.41, 5.74) is 1.16. The minimum Gasteiger partial charge on any atom is -0.380 e. The van der Waals surface area contributed by atoms with Crippen molar-refractivity contribution >= 4 is 18.1 Å². The number of rotatable bonds is 2. The van der Waals surface area contributed by atoms with Crippen molar-refractivity contribution in [2.75, 3.05) is 10.0 Å². The van der Waals surface area contributed by atoms with E-state index < -0.39 is 5.60 Å². The molecule has 0 amide bonds. The fourth-order valence-electron chi connectivity index (χ4n) is 3.36. The Balaban J connectivity index is 1.47. The number of fused-ring (bicyclic) bond motifs is 6. The molecule has 25 heavy (non-hydrogen) atoms. The maximum absolute atomic E-state index is 10.2. The highest BCUT2D eigenvalue weighted by Crippen LogP contribution is 2.46. The summed E-state index contributed by atoms with van der Waals surface area (Å²) in [4.78, 5) is 13.3. The molecule has 2 aliphatic heterocycles. The Bertz CT molecular complexity index is 1020. The van der Waals surface area contributed by atoms with Gasteiger partial charge in [-0.1, -0.05) is 18.2 Å². The molecule has 4 heterocycles. The van der Waals surface area contributed by atoms with Crippen molar-refractivity contribution in [2.45, 2.75) is 24.6 Å². The number of anilines is 2. The number of hydrazine groups is 1. The predicted molar refractivity (Wildman–Crippen MR) is 87.2 cm³/mol. The van der Waals surface area contributed by atoms with Gasteiger partial charge in [0.2, 0.25) is 0 Å². The molecule has 9 heteroatoms.